The Balaban J connectivity index is 1.86. The highest BCUT2D eigenvalue weighted by Crippen LogP contribution is 2.40. The molecular weight excluding hydrogens is 380 g/mol. The van der Waals surface area contributed by atoms with Crippen LogP contribution < -0.4 is 0 Å². The number of hydrogen-bond donors (Lipinski definition) is 1. The number of amides is 1. The lowest BCUT2D eigenvalue weighted by molar-refractivity contribution is -0.140. The summed E-state index contributed by atoms with van der Waals surface area (Å²) in [5, 5.41) is 11.4. The van der Waals surface area contributed by atoms with E-state index >= 15 is 0 Å². The van der Waals surface area contributed by atoms with E-state index in [0.717, 1.165) is 0 Å². The van der Waals surface area contributed by atoms with E-state index in [1.165, 1.54) is 23.6 Å². The van der Waals surface area contributed by atoms with Crippen molar-refractivity contribution in [3.8, 4) is 0 Å². The van der Waals surface area contributed by atoms with Crippen molar-refractivity contribution < 1.29 is 19.1 Å². The topological polar surface area (TPSA) is 83.6 Å². The minimum atomic E-state index is -0.768. The number of likely N-dealkylation sites (tertiary alicyclic amines) is 1. The number of hydrogen-bond acceptors (Lipinski definition) is 5. The Bertz CT molecular complexity index is 1040. The molecule has 1 aromatic carbocycles. The number of rotatable bonds is 4. The Labute approximate surface area is 165 Å². The molecule has 3 aromatic rings. The second kappa shape index (κ2) is 7.32. The second-order valence-corrected chi connectivity index (χ2v) is 6.73. The summed E-state index contributed by atoms with van der Waals surface area (Å²) in [6, 6.07) is 12.6. The monoisotopic (exact) mass is 394 g/mol. The van der Waals surface area contributed by atoms with Gasteiger partial charge in [-0.2, -0.15) is 0 Å². The summed E-state index contributed by atoms with van der Waals surface area (Å²) in [6.07, 6.45) is 4.51. The largest absolute Gasteiger partial charge is 0.507 e. The lowest BCUT2D eigenvalue weighted by atomic mass is 9.95. The van der Waals surface area contributed by atoms with E-state index in [4.69, 9.17) is 16.0 Å². The van der Waals surface area contributed by atoms with Crippen LogP contribution in [0.2, 0.25) is 5.02 Å². The zero-order chi connectivity index (χ0) is 19.7. The van der Waals surface area contributed by atoms with Crippen LogP contribution in [0.25, 0.3) is 5.76 Å². The number of aliphatic hydroxyl groups excluding tert-OH is 1. The molecule has 1 aliphatic heterocycles. The van der Waals surface area contributed by atoms with Gasteiger partial charge in [0.2, 0.25) is 0 Å². The summed E-state index contributed by atoms with van der Waals surface area (Å²) in [6.45, 7) is 0.0952. The first-order valence-corrected chi connectivity index (χ1v) is 8.90. The zero-order valence-corrected chi connectivity index (χ0v) is 15.3. The average Bonchev–Trinajstić information content (AvgIpc) is 3.31. The highest BCUT2D eigenvalue weighted by Gasteiger charge is 2.46. The number of ketones is 1. The van der Waals surface area contributed by atoms with Crippen LogP contribution in [0, 0.1) is 0 Å². The average molecular weight is 395 g/mol. The third-order valence-corrected chi connectivity index (χ3v) is 4.84. The molecule has 6 nitrogen and oxygen atoms in total. The smallest absolute Gasteiger partial charge is 0.296 e. The van der Waals surface area contributed by atoms with E-state index in [-0.39, 0.29) is 17.9 Å². The standard InChI is InChI=1S/C21H15ClN2O4/c22-15-5-3-13(4-6-15)18-17(19(25)14-7-9-23-10-8-14)20(26)21(27)24(18)12-16-2-1-11-28-16/h1-11,18,25H,12H2/b19-17+. The predicted molar refractivity (Wildman–Crippen MR) is 102 cm³/mol. The van der Waals surface area contributed by atoms with Crippen molar-refractivity contribution in [2.75, 3.05) is 0 Å². The van der Waals surface area contributed by atoms with E-state index in [9.17, 15) is 14.7 Å². The Morgan fingerprint density at radius 2 is 1.82 bits per heavy atom. The van der Waals surface area contributed by atoms with Crippen LogP contribution in [0.3, 0.4) is 0 Å². The molecule has 1 unspecified atom stereocenters. The van der Waals surface area contributed by atoms with E-state index in [1.807, 2.05) is 0 Å². The number of benzene rings is 1. The van der Waals surface area contributed by atoms with Gasteiger partial charge in [0.15, 0.2) is 0 Å². The number of Topliss-reactive ketones (excluding diaryl/α,β-unsaturated/α-hetero) is 1. The van der Waals surface area contributed by atoms with Gasteiger partial charge in [0.1, 0.15) is 11.5 Å². The van der Waals surface area contributed by atoms with Gasteiger partial charge in [-0.25, -0.2) is 0 Å². The molecule has 0 saturated carbocycles. The third kappa shape index (κ3) is 3.18. The number of aliphatic hydroxyl groups is 1. The first-order chi connectivity index (χ1) is 13.6. The Morgan fingerprint density at radius 3 is 2.46 bits per heavy atom. The van der Waals surface area contributed by atoms with E-state index in [2.05, 4.69) is 4.98 Å². The quantitative estimate of drug-likeness (QED) is 0.411. The van der Waals surface area contributed by atoms with Crippen molar-refractivity contribution in [2.45, 2.75) is 12.6 Å². The van der Waals surface area contributed by atoms with Crippen LogP contribution in [0.1, 0.15) is 22.9 Å². The summed E-state index contributed by atoms with van der Waals surface area (Å²) < 4.78 is 5.35. The molecule has 2 aromatic heterocycles. The molecule has 1 fully saturated rings. The molecule has 0 bridgehead atoms. The SMILES string of the molecule is O=C1C(=O)N(Cc2ccco2)C(c2ccc(Cl)cc2)/C1=C(\O)c1ccncc1. The minimum absolute atomic E-state index is 0.0186. The van der Waals surface area contributed by atoms with Crippen molar-refractivity contribution in [3.63, 3.8) is 0 Å². The minimum Gasteiger partial charge on any atom is -0.507 e. The summed E-state index contributed by atoms with van der Waals surface area (Å²) in [4.78, 5) is 30.9. The molecule has 1 saturated heterocycles. The number of furan rings is 1. The molecule has 0 spiro atoms. The first kappa shape index (κ1) is 18.0. The van der Waals surface area contributed by atoms with Crippen molar-refractivity contribution in [1.29, 1.82) is 0 Å². The van der Waals surface area contributed by atoms with Gasteiger partial charge in [-0.3, -0.25) is 14.6 Å². The molecule has 1 aliphatic rings. The normalized spacial score (nSPS) is 18.6. The lowest BCUT2D eigenvalue weighted by Crippen LogP contribution is -2.29. The first-order valence-electron chi connectivity index (χ1n) is 8.53. The van der Waals surface area contributed by atoms with E-state index in [1.54, 1.807) is 48.5 Å². The molecule has 3 heterocycles. The van der Waals surface area contributed by atoms with Crippen LogP contribution in [0.4, 0.5) is 0 Å². The number of halogens is 1. The number of aromatic nitrogens is 1. The molecule has 28 heavy (non-hydrogen) atoms. The van der Waals surface area contributed by atoms with Gasteiger partial charge in [0.25, 0.3) is 11.7 Å². The molecule has 140 valence electrons. The summed E-state index contributed by atoms with van der Waals surface area (Å²) in [5.74, 6) is -1.17. The number of carbonyl (C=O) groups is 2. The molecule has 1 atom stereocenters. The molecule has 0 aliphatic carbocycles. The molecule has 1 N–H and O–H groups in total. The predicted octanol–water partition coefficient (Wildman–Crippen LogP) is 3.95. The van der Waals surface area contributed by atoms with Gasteiger partial charge in [0, 0.05) is 23.0 Å². The third-order valence-electron chi connectivity index (χ3n) is 4.59. The van der Waals surface area contributed by atoms with Gasteiger partial charge < -0.3 is 14.4 Å². The molecule has 0 radical (unpaired) electrons. The maximum absolute atomic E-state index is 12.8. The Kier molecular flexibility index (Phi) is 4.71. The van der Waals surface area contributed by atoms with Crippen molar-refractivity contribution in [2.24, 2.45) is 0 Å². The van der Waals surface area contributed by atoms with Crippen LogP contribution in [-0.2, 0) is 16.1 Å². The Hall–Kier alpha value is -3.38. The maximum Gasteiger partial charge on any atom is 0.296 e. The summed E-state index contributed by atoms with van der Waals surface area (Å²) in [7, 11) is 0. The highest BCUT2D eigenvalue weighted by atomic mass is 35.5. The van der Waals surface area contributed by atoms with Crippen molar-refractivity contribution in [1.82, 2.24) is 9.88 Å². The van der Waals surface area contributed by atoms with Gasteiger partial charge in [-0.15, -0.1) is 0 Å². The molecule has 1 amide bonds. The summed E-state index contributed by atoms with van der Waals surface area (Å²) in [5.41, 5.74) is 1.08. The van der Waals surface area contributed by atoms with E-state index < -0.39 is 17.7 Å². The van der Waals surface area contributed by atoms with Crippen LogP contribution in [0.15, 0.2) is 77.2 Å². The molecule has 7 heteroatoms. The zero-order valence-electron chi connectivity index (χ0n) is 14.6. The van der Waals surface area contributed by atoms with Gasteiger partial charge in [-0.1, -0.05) is 23.7 Å². The summed E-state index contributed by atoms with van der Waals surface area (Å²) >= 11 is 5.99. The van der Waals surface area contributed by atoms with Crippen LogP contribution in [0.5, 0.6) is 0 Å². The van der Waals surface area contributed by atoms with Crippen LogP contribution in [-0.4, -0.2) is 26.7 Å². The van der Waals surface area contributed by atoms with E-state index in [0.29, 0.717) is 21.9 Å². The molecular formula is C21H15ClN2O4. The van der Waals surface area contributed by atoms with Crippen molar-refractivity contribution >= 4 is 29.1 Å². The fourth-order valence-electron chi connectivity index (χ4n) is 3.27. The van der Waals surface area contributed by atoms with Gasteiger partial charge in [0.05, 0.1) is 24.4 Å². The number of pyridine rings is 1. The van der Waals surface area contributed by atoms with Gasteiger partial charge >= 0.3 is 0 Å². The van der Waals surface area contributed by atoms with Crippen molar-refractivity contribution in [3.05, 3.63) is 94.7 Å². The lowest BCUT2D eigenvalue weighted by Gasteiger charge is -2.24. The Morgan fingerprint density at radius 1 is 1.11 bits per heavy atom. The second-order valence-electron chi connectivity index (χ2n) is 6.29. The highest BCUT2D eigenvalue weighted by molar-refractivity contribution is 6.46. The number of carbonyl (C=O) groups excluding carboxylic acids is 2. The maximum atomic E-state index is 12.8. The fraction of sp³-hybridized carbons (Fsp3) is 0.0952. The van der Waals surface area contributed by atoms with Gasteiger partial charge in [-0.05, 0) is 42.0 Å². The van der Waals surface area contributed by atoms with Crippen LogP contribution >= 0.6 is 11.6 Å². The number of nitrogens with zero attached hydrogens (tertiary/aromatic N) is 2. The molecule has 4 rings (SSSR count). The fourth-order valence-corrected chi connectivity index (χ4v) is 3.40.